The number of hydrogen-bond donors (Lipinski definition) is 2. The highest BCUT2D eigenvalue weighted by atomic mass is 15.2. The number of H-pyrrole nitrogens is 1. The summed E-state index contributed by atoms with van der Waals surface area (Å²) in [5, 5.41) is 10.3. The first-order valence-corrected chi connectivity index (χ1v) is 5.70. The first-order valence-electron chi connectivity index (χ1n) is 5.70. The van der Waals surface area contributed by atoms with Crippen LogP contribution in [0.2, 0.25) is 0 Å². The molecular weight excluding hydrogens is 202 g/mol. The number of piperidine rings is 1. The van der Waals surface area contributed by atoms with Crippen LogP contribution in [-0.2, 0) is 0 Å². The molecule has 1 fully saturated rings. The molecule has 3 rings (SSSR count). The molecule has 0 amide bonds. The lowest BCUT2D eigenvalue weighted by molar-refractivity contribution is 0.402. The summed E-state index contributed by atoms with van der Waals surface area (Å²) in [5.41, 5.74) is 2.26. The summed E-state index contributed by atoms with van der Waals surface area (Å²) in [6, 6.07) is 0.422. The normalized spacial score (nSPS) is 21.1. The predicted molar refractivity (Wildman–Crippen MR) is 60.3 cm³/mol. The summed E-state index contributed by atoms with van der Waals surface area (Å²) in [7, 11) is 0. The number of aromatic nitrogens is 4. The van der Waals surface area contributed by atoms with E-state index in [9.17, 15) is 0 Å². The van der Waals surface area contributed by atoms with Crippen molar-refractivity contribution in [1.29, 1.82) is 0 Å². The maximum Gasteiger partial charge on any atom is 0.0995 e. The van der Waals surface area contributed by atoms with E-state index in [1.807, 2.05) is 24.9 Å². The number of rotatable bonds is 2. The van der Waals surface area contributed by atoms with Gasteiger partial charge in [-0.15, -0.1) is 0 Å². The van der Waals surface area contributed by atoms with E-state index in [1.165, 1.54) is 25.0 Å². The van der Waals surface area contributed by atoms with E-state index in [0.29, 0.717) is 6.04 Å². The van der Waals surface area contributed by atoms with Gasteiger partial charge in [0.25, 0.3) is 0 Å². The summed E-state index contributed by atoms with van der Waals surface area (Å²) in [6.45, 7) is 1.10. The lowest BCUT2D eigenvalue weighted by Crippen LogP contribution is -2.28. The lowest BCUT2D eigenvalue weighted by Gasteiger charge is -2.24. The Morgan fingerprint density at radius 1 is 1.31 bits per heavy atom. The SMILES string of the molecule is c1n[nH]cc1-n1cncc1C1CCCCN1. The van der Waals surface area contributed by atoms with E-state index < -0.39 is 0 Å². The third-order valence-electron chi connectivity index (χ3n) is 3.10. The van der Waals surface area contributed by atoms with Crippen molar-refractivity contribution in [3.05, 3.63) is 30.6 Å². The minimum atomic E-state index is 0.422. The largest absolute Gasteiger partial charge is 0.309 e. The molecule has 0 aliphatic carbocycles. The first-order chi connectivity index (χ1) is 7.95. The zero-order valence-electron chi connectivity index (χ0n) is 9.06. The van der Waals surface area contributed by atoms with Crippen molar-refractivity contribution in [3.8, 4) is 5.69 Å². The second-order valence-corrected chi connectivity index (χ2v) is 4.15. The number of imidazole rings is 1. The molecule has 0 saturated carbocycles. The Morgan fingerprint density at radius 2 is 2.31 bits per heavy atom. The van der Waals surface area contributed by atoms with Gasteiger partial charge in [0, 0.05) is 12.2 Å². The van der Waals surface area contributed by atoms with Gasteiger partial charge in [-0.1, -0.05) is 6.42 Å². The Balaban J connectivity index is 1.92. The van der Waals surface area contributed by atoms with E-state index in [-0.39, 0.29) is 0 Å². The van der Waals surface area contributed by atoms with E-state index in [2.05, 4.69) is 25.1 Å². The van der Waals surface area contributed by atoms with E-state index in [4.69, 9.17) is 0 Å². The van der Waals surface area contributed by atoms with Crippen LogP contribution < -0.4 is 5.32 Å². The molecule has 1 atom stereocenters. The van der Waals surface area contributed by atoms with Crippen LogP contribution in [0.15, 0.2) is 24.9 Å². The van der Waals surface area contributed by atoms with Crippen LogP contribution in [0, 0.1) is 0 Å². The van der Waals surface area contributed by atoms with Crippen molar-refractivity contribution in [2.45, 2.75) is 25.3 Å². The molecule has 16 heavy (non-hydrogen) atoms. The van der Waals surface area contributed by atoms with Crippen molar-refractivity contribution in [2.75, 3.05) is 6.54 Å². The van der Waals surface area contributed by atoms with E-state index >= 15 is 0 Å². The Bertz CT molecular complexity index is 439. The Morgan fingerprint density at radius 3 is 3.06 bits per heavy atom. The van der Waals surface area contributed by atoms with Gasteiger partial charge in [0.05, 0.1) is 30.1 Å². The van der Waals surface area contributed by atoms with Crippen LogP contribution in [0.4, 0.5) is 0 Å². The second kappa shape index (κ2) is 4.09. The molecule has 0 radical (unpaired) electrons. The minimum absolute atomic E-state index is 0.422. The van der Waals surface area contributed by atoms with Crippen LogP contribution in [0.25, 0.3) is 5.69 Å². The third-order valence-corrected chi connectivity index (χ3v) is 3.10. The van der Waals surface area contributed by atoms with Crippen molar-refractivity contribution in [3.63, 3.8) is 0 Å². The zero-order chi connectivity index (χ0) is 10.8. The van der Waals surface area contributed by atoms with E-state index in [0.717, 1.165) is 12.2 Å². The molecule has 1 saturated heterocycles. The summed E-state index contributed by atoms with van der Waals surface area (Å²) in [4.78, 5) is 4.23. The molecule has 1 unspecified atom stereocenters. The van der Waals surface area contributed by atoms with Crippen LogP contribution in [0.1, 0.15) is 31.0 Å². The molecular formula is C11H15N5. The van der Waals surface area contributed by atoms with Crippen LogP contribution >= 0.6 is 0 Å². The molecule has 0 bridgehead atoms. The van der Waals surface area contributed by atoms with Gasteiger partial charge in [-0.25, -0.2) is 4.98 Å². The Kier molecular flexibility index (Phi) is 2.46. The fraction of sp³-hybridized carbons (Fsp3) is 0.455. The molecule has 2 N–H and O–H groups in total. The van der Waals surface area contributed by atoms with Gasteiger partial charge in [-0.3, -0.25) is 9.67 Å². The molecule has 3 heterocycles. The molecule has 2 aromatic heterocycles. The fourth-order valence-electron chi connectivity index (χ4n) is 2.26. The molecule has 5 nitrogen and oxygen atoms in total. The quantitative estimate of drug-likeness (QED) is 0.799. The maximum absolute atomic E-state index is 4.23. The number of nitrogens with zero attached hydrogens (tertiary/aromatic N) is 3. The third kappa shape index (κ3) is 1.63. The summed E-state index contributed by atoms with van der Waals surface area (Å²) >= 11 is 0. The maximum atomic E-state index is 4.23. The van der Waals surface area contributed by atoms with Gasteiger partial charge in [0.15, 0.2) is 0 Å². The standard InChI is InChI=1S/C11H15N5/c1-2-4-13-10(3-1)11-7-12-8-16(11)9-5-14-15-6-9/h5-8,10,13H,1-4H2,(H,14,15). The van der Waals surface area contributed by atoms with Crippen LogP contribution in [-0.4, -0.2) is 26.3 Å². The zero-order valence-corrected chi connectivity index (χ0v) is 9.06. The molecule has 0 spiro atoms. The Labute approximate surface area is 93.9 Å². The molecule has 84 valence electrons. The number of hydrogen-bond acceptors (Lipinski definition) is 3. The van der Waals surface area contributed by atoms with Crippen molar-refractivity contribution < 1.29 is 0 Å². The molecule has 1 aliphatic rings. The topological polar surface area (TPSA) is 58.5 Å². The summed E-state index contributed by atoms with van der Waals surface area (Å²) in [6.07, 6.45) is 11.2. The van der Waals surface area contributed by atoms with Gasteiger partial charge in [0.1, 0.15) is 0 Å². The van der Waals surface area contributed by atoms with E-state index in [1.54, 1.807) is 0 Å². The molecule has 1 aliphatic heterocycles. The highest BCUT2D eigenvalue weighted by Crippen LogP contribution is 2.24. The van der Waals surface area contributed by atoms with Crippen molar-refractivity contribution in [2.24, 2.45) is 0 Å². The molecule has 2 aromatic rings. The molecule has 0 aromatic carbocycles. The average Bonchev–Trinajstić information content (AvgIpc) is 3.01. The predicted octanol–water partition coefficient (Wildman–Crippen LogP) is 1.41. The second-order valence-electron chi connectivity index (χ2n) is 4.15. The van der Waals surface area contributed by atoms with Gasteiger partial charge >= 0.3 is 0 Å². The van der Waals surface area contributed by atoms with Crippen molar-refractivity contribution >= 4 is 0 Å². The Hall–Kier alpha value is -1.62. The lowest BCUT2D eigenvalue weighted by atomic mass is 10.0. The van der Waals surface area contributed by atoms with Crippen LogP contribution in [0.3, 0.4) is 0 Å². The van der Waals surface area contributed by atoms with Gasteiger partial charge < -0.3 is 5.32 Å². The van der Waals surface area contributed by atoms with Gasteiger partial charge in [0.2, 0.25) is 0 Å². The highest BCUT2D eigenvalue weighted by molar-refractivity contribution is 5.29. The fourth-order valence-corrected chi connectivity index (χ4v) is 2.26. The average molecular weight is 217 g/mol. The summed E-state index contributed by atoms with van der Waals surface area (Å²) < 4.78 is 2.09. The van der Waals surface area contributed by atoms with Gasteiger partial charge in [-0.05, 0) is 19.4 Å². The number of aromatic amines is 1. The monoisotopic (exact) mass is 217 g/mol. The van der Waals surface area contributed by atoms with Gasteiger partial charge in [-0.2, -0.15) is 5.10 Å². The highest BCUT2D eigenvalue weighted by Gasteiger charge is 2.18. The smallest absolute Gasteiger partial charge is 0.0995 e. The number of nitrogens with one attached hydrogen (secondary N) is 2. The first kappa shape index (κ1) is 9.59. The molecule has 5 heteroatoms. The van der Waals surface area contributed by atoms with Crippen molar-refractivity contribution in [1.82, 2.24) is 25.1 Å². The summed E-state index contributed by atoms with van der Waals surface area (Å²) in [5.74, 6) is 0. The van der Waals surface area contributed by atoms with Crippen LogP contribution in [0.5, 0.6) is 0 Å². The minimum Gasteiger partial charge on any atom is -0.309 e.